The first-order chi connectivity index (χ1) is 8.15. The van der Waals surface area contributed by atoms with E-state index in [2.05, 4.69) is 31.2 Å². The summed E-state index contributed by atoms with van der Waals surface area (Å²) in [4.78, 5) is 0. The number of benzene rings is 2. The molecule has 2 heteroatoms. The maximum atomic E-state index is 6.09. The molecule has 0 heterocycles. The molecule has 0 aromatic heterocycles. The molecular weight excluding hydrogens is 251 g/mol. The van der Waals surface area contributed by atoms with E-state index < -0.39 is 0 Å². The average Bonchev–Trinajstić information content (AvgIpc) is 2.30. The summed E-state index contributed by atoms with van der Waals surface area (Å²) in [5, 5.41) is 1.32. The van der Waals surface area contributed by atoms with Gasteiger partial charge in [-0.1, -0.05) is 71.2 Å². The highest BCUT2D eigenvalue weighted by Gasteiger charge is 1.97. The number of halogens is 2. The fourth-order valence-electron chi connectivity index (χ4n) is 1.50. The number of hydrogen-bond acceptors (Lipinski definition) is 0. The zero-order valence-corrected chi connectivity index (χ0v) is 11.0. The van der Waals surface area contributed by atoms with Crippen LogP contribution < -0.4 is 0 Å². The van der Waals surface area contributed by atoms with Gasteiger partial charge in [0.15, 0.2) is 0 Å². The van der Waals surface area contributed by atoms with E-state index in [0.29, 0.717) is 10.0 Å². The Morgan fingerprint density at radius 1 is 0.882 bits per heavy atom. The molecule has 0 unspecified atom stereocenters. The van der Waals surface area contributed by atoms with E-state index in [1.165, 1.54) is 5.56 Å². The molecule has 2 rings (SSSR count). The summed E-state index contributed by atoms with van der Waals surface area (Å²) < 4.78 is 0. The summed E-state index contributed by atoms with van der Waals surface area (Å²) in [6.07, 6.45) is 4.03. The molecule has 0 aliphatic heterocycles. The molecule has 0 spiro atoms. The largest absolute Gasteiger partial charge is 0.0843 e. The minimum atomic E-state index is 0.655. The Balaban J connectivity index is 2.23. The number of aryl methyl sites for hydroxylation is 1. The number of rotatable bonds is 2. The zero-order valence-electron chi connectivity index (χ0n) is 9.45. The molecule has 0 aliphatic rings. The van der Waals surface area contributed by atoms with Crippen molar-refractivity contribution in [2.24, 2.45) is 0 Å². The predicted octanol–water partition coefficient (Wildman–Crippen LogP) is 5.47. The smallest absolute Gasteiger partial charge is 0.0493 e. The highest BCUT2D eigenvalue weighted by atomic mass is 35.5. The van der Waals surface area contributed by atoms with Gasteiger partial charge in [-0.25, -0.2) is 0 Å². The summed E-state index contributed by atoms with van der Waals surface area (Å²) in [6.45, 7) is 2.07. The third-order valence-corrected chi connectivity index (χ3v) is 3.06. The molecule has 0 bridgehead atoms. The molecule has 2 aromatic carbocycles. The molecule has 2 aromatic rings. The van der Waals surface area contributed by atoms with Gasteiger partial charge in [0.2, 0.25) is 0 Å². The van der Waals surface area contributed by atoms with Crippen LogP contribution in [0.25, 0.3) is 12.2 Å². The van der Waals surface area contributed by atoms with Gasteiger partial charge in [0.1, 0.15) is 0 Å². The van der Waals surface area contributed by atoms with Crippen LogP contribution in [-0.4, -0.2) is 0 Å². The van der Waals surface area contributed by atoms with Crippen molar-refractivity contribution in [1.82, 2.24) is 0 Å². The first-order valence-electron chi connectivity index (χ1n) is 5.35. The third-order valence-electron chi connectivity index (χ3n) is 2.50. The van der Waals surface area contributed by atoms with Crippen LogP contribution in [0.4, 0.5) is 0 Å². The van der Waals surface area contributed by atoms with Gasteiger partial charge in [-0.2, -0.15) is 0 Å². The maximum Gasteiger partial charge on any atom is 0.0493 e. The van der Waals surface area contributed by atoms with Crippen molar-refractivity contribution >= 4 is 35.4 Å². The highest BCUT2D eigenvalue weighted by molar-refractivity contribution is 6.35. The molecule has 86 valence electrons. The van der Waals surface area contributed by atoms with E-state index in [0.717, 1.165) is 11.1 Å². The van der Waals surface area contributed by atoms with Crippen LogP contribution in [0.1, 0.15) is 16.7 Å². The molecule has 0 amide bonds. The quantitative estimate of drug-likeness (QED) is 0.630. The van der Waals surface area contributed by atoms with Crippen molar-refractivity contribution in [3.8, 4) is 0 Å². The summed E-state index contributed by atoms with van der Waals surface area (Å²) in [5.74, 6) is 0. The van der Waals surface area contributed by atoms with Crippen LogP contribution in [0.5, 0.6) is 0 Å². The van der Waals surface area contributed by atoms with Crippen molar-refractivity contribution in [3.63, 3.8) is 0 Å². The fraction of sp³-hybridized carbons (Fsp3) is 0.0667. The molecule has 0 atom stereocenters. The van der Waals surface area contributed by atoms with E-state index in [-0.39, 0.29) is 0 Å². The molecule has 0 saturated carbocycles. The topological polar surface area (TPSA) is 0 Å². The Labute approximate surface area is 112 Å². The van der Waals surface area contributed by atoms with E-state index in [1.54, 1.807) is 6.07 Å². The normalized spacial score (nSPS) is 11.0. The average molecular weight is 263 g/mol. The predicted molar refractivity (Wildman–Crippen MR) is 76.6 cm³/mol. The lowest BCUT2D eigenvalue weighted by Crippen LogP contribution is -1.76. The standard InChI is InChI=1S/C15H12Cl2/c1-11-2-4-12(5-3-11)6-7-13-8-9-14(16)10-15(13)17/h2-10H,1H3/b7-6+. The van der Waals surface area contributed by atoms with Gasteiger partial charge in [0, 0.05) is 10.0 Å². The Morgan fingerprint density at radius 2 is 1.59 bits per heavy atom. The second kappa shape index (κ2) is 5.39. The third kappa shape index (κ3) is 3.36. The summed E-state index contributed by atoms with van der Waals surface area (Å²) in [5.41, 5.74) is 3.38. The lowest BCUT2D eigenvalue weighted by Gasteiger charge is -1.99. The van der Waals surface area contributed by atoms with E-state index in [1.807, 2.05) is 24.3 Å². The van der Waals surface area contributed by atoms with Crippen LogP contribution in [-0.2, 0) is 0 Å². The van der Waals surface area contributed by atoms with Crippen LogP contribution in [0, 0.1) is 6.92 Å². The first kappa shape index (κ1) is 12.2. The molecular formula is C15H12Cl2. The molecule has 0 radical (unpaired) electrons. The van der Waals surface area contributed by atoms with Crippen molar-refractivity contribution in [2.45, 2.75) is 6.92 Å². The second-order valence-electron chi connectivity index (χ2n) is 3.91. The van der Waals surface area contributed by atoms with Crippen molar-refractivity contribution in [3.05, 3.63) is 69.2 Å². The molecule has 0 saturated heterocycles. The minimum Gasteiger partial charge on any atom is -0.0843 e. The Hall–Kier alpha value is -1.24. The SMILES string of the molecule is Cc1ccc(/C=C/c2ccc(Cl)cc2Cl)cc1. The molecule has 0 aliphatic carbocycles. The van der Waals surface area contributed by atoms with Gasteiger partial charge < -0.3 is 0 Å². The lowest BCUT2D eigenvalue weighted by atomic mass is 10.1. The fourth-order valence-corrected chi connectivity index (χ4v) is 1.97. The van der Waals surface area contributed by atoms with Crippen molar-refractivity contribution in [1.29, 1.82) is 0 Å². The van der Waals surface area contributed by atoms with Crippen LogP contribution in [0.2, 0.25) is 10.0 Å². The van der Waals surface area contributed by atoms with E-state index >= 15 is 0 Å². The Kier molecular flexibility index (Phi) is 3.88. The Bertz CT molecular complexity index is 539. The van der Waals surface area contributed by atoms with Crippen LogP contribution in [0.15, 0.2) is 42.5 Å². The van der Waals surface area contributed by atoms with Gasteiger partial charge in [0.25, 0.3) is 0 Å². The van der Waals surface area contributed by atoms with Crippen LogP contribution >= 0.6 is 23.2 Å². The lowest BCUT2D eigenvalue weighted by molar-refractivity contribution is 1.46. The van der Waals surface area contributed by atoms with Gasteiger partial charge in [0.05, 0.1) is 0 Å². The minimum absolute atomic E-state index is 0.655. The second-order valence-corrected chi connectivity index (χ2v) is 4.75. The van der Waals surface area contributed by atoms with Gasteiger partial charge in [-0.15, -0.1) is 0 Å². The van der Waals surface area contributed by atoms with Crippen molar-refractivity contribution < 1.29 is 0 Å². The van der Waals surface area contributed by atoms with E-state index in [9.17, 15) is 0 Å². The zero-order chi connectivity index (χ0) is 12.3. The van der Waals surface area contributed by atoms with Gasteiger partial charge in [-0.3, -0.25) is 0 Å². The van der Waals surface area contributed by atoms with Gasteiger partial charge in [-0.05, 0) is 30.2 Å². The van der Waals surface area contributed by atoms with E-state index in [4.69, 9.17) is 23.2 Å². The monoisotopic (exact) mass is 262 g/mol. The highest BCUT2D eigenvalue weighted by Crippen LogP contribution is 2.22. The Morgan fingerprint density at radius 3 is 2.24 bits per heavy atom. The molecule has 0 nitrogen and oxygen atoms in total. The van der Waals surface area contributed by atoms with Gasteiger partial charge >= 0.3 is 0 Å². The number of hydrogen-bond donors (Lipinski definition) is 0. The van der Waals surface area contributed by atoms with Crippen LogP contribution in [0.3, 0.4) is 0 Å². The molecule has 0 fully saturated rings. The summed E-state index contributed by atoms with van der Waals surface area (Å²) in [6, 6.07) is 13.8. The molecule has 17 heavy (non-hydrogen) atoms. The maximum absolute atomic E-state index is 6.09. The summed E-state index contributed by atoms with van der Waals surface area (Å²) >= 11 is 11.9. The summed E-state index contributed by atoms with van der Waals surface area (Å²) in [7, 11) is 0. The molecule has 0 N–H and O–H groups in total. The van der Waals surface area contributed by atoms with Crippen molar-refractivity contribution in [2.75, 3.05) is 0 Å². The first-order valence-corrected chi connectivity index (χ1v) is 6.10.